The molecule has 7 nitrogen and oxygen atoms in total. The number of allylic oxidation sites excluding steroid dienone is 1. The zero-order valence-electron chi connectivity index (χ0n) is 20.9. The van der Waals surface area contributed by atoms with E-state index in [-0.39, 0.29) is 11.3 Å². The maximum Gasteiger partial charge on any atom is 0.225 e. The van der Waals surface area contributed by atoms with Crippen molar-refractivity contribution < 1.29 is 10.0 Å². The fraction of sp³-hybridized carbons (Fsp3) is 0.481. The molecule has 1 fully saturated rings. The van der Waals surface area contributed by atoms with E-state index < -0.39 is 0 Å². The Morgan fingerprint density at radius 3 is 2.74 bits per heavy atom. The molecule has 2 aromatic rings. The fourth-order valence-electron chi connectivity index (χ4n) is 4.71. The number of hydrogen-bond donors (Lipinski definition) is 2. The molecule has 1 aromatic heterocycles. The van der Waals surface area contributed by atoms with Crippen molar-refractivity contribution in [3.8, 4) is 0 Å². The average Bonchev–Trinajstić information content (AvgIpc) is 3.27. The monoisotopic (exact) mass is 497 g/mol. The lowest BCUT2D eigenvalue weighted by Gasteiger charge is -2.39. The van der Waals surface area contributed by atoms with Gasteiger partial charge >= 0.3 is 0 Å². The van der Waals surface area contributed by atoms with E-state index in [1.54, 1.807) is 12.4 Å². The van der Waals surface area contributed by atoms with Crippen molar-refractivity contribution in [2.75, 3.05) is 31.4 Å². The highest BCUT2D eigenvalue weighted by Crippen LogP contribution is 2.34. The fourth-order valence-corrected chi connectivity index (χ4v) is 4.84. The number of fused-ring (bicyclic) bond motifs is 1. The van der Waals surface area contributed by atoms with E-state index in [0.717, 1.165) is 60.5 Å². The number of pyridine rings is 1. The number of carbonyl (C=O) groups is 1. The Hall–Kier alpha value is -2.61. The molecule has 2 aliphatic rings. The van der Waals surface area contributed by atoms with Gasteiger partial charge in [0.05, 0.1) is 12.7 Å². The average molecular weight is 498 g/mol. The van der Waals surface area contributed by atoms with E-state index in [1.165, 1.54) is 5.17 Å². The van der Waals surface area contributed by atoms with Crippen LogP contribution in [-0.2, 0) is 11.2 Å². The summed E-state index contributed by atoms with van der Waals surface area (Å²) < 4.78 is 0. The molecule has 8 heteroatoms. The number of rotatable bonds is 8. The smallest absolute Gasteiger partial charge is 0.225 e. The quantitative estimate of drug-likeness (QED) is 0.512. The molecule has 0 radical (unpaired) electrons. The summed E-state index contributed by atoms with van der Waals surface area (Å²) in [7, 11) is 0. The SMILES string of the molecule is CC(C)(C)C(=O)NCCCN1CCC[C@@H]1CN1C=C(Cc2ccc(Cl)cc2)c2ccncc2N1O. The molecule has 0 spiro atoms. The Bertz CT molecular complexity index is 1050. The van der Waals surface area contributed by atoms with E-state index in [0.29, 0.717) is 24.8 Å². The third-order valence-corrected chi connectivity index (χ3v) is 6.96. The summed E-state index contributed by atoms with van der Waals surface area (Å²) in [6.45, 7) is 9.12. The number of amides is 1. The number of hydrazine groups is 1. The largest absolute Gasteiger partial charge is 0.356 e. The van der Waals surface area contributed by atoms with Crippen LogP contribution >= 0.6 is 11.6 Å². The van der Waals surface area contributed by atoms with Crippen molar-refractivity contribution in [3.05, 3.63) is 65.1 Å². The molecule has 4 rings (SSSR count). The number of benzene rings is 1. The minimum absolute atomic E-state index is 0.0883. The Labute approximate surface area is 213 Å². The van der Waals surface area contributed by atoms with E-state index in [4.69, 9.17) is 11.6 Å². The second kappa shape index (κ2) is 11.0. The first-order valence-corrected chi connectivity index (χ1v) is 12.8. The first-order valence-electron chi connectivity index (χ1n) is 12.4. The maximum atomic E-state index is 12.1. The number of anilines is 1. The zero-order valence-corrected chi connectivity index (χ0v) is 21.6. The maximum absolute atomic E-state index is 12.1. The Morgan fingerprint density at radius 2 is 2.00 bits per heavy atom. The Kier molecular flexibility index (Phi) is 7.99. The molecular formula is C27H36ClN5O2. The van der Waals surface area contributed by atoms with Crippen molar-refractivity contribution in [1.82, 2.24) is 20.2 Å². The van der Waals surface area contributed by atoms with E-state index >= 15 is 0 Å². The highest BCUT2D eigenvalue weighted by Gasteiger charge is 2.30. The third kappa shape index (κ3) is 6.34. The van der Waals surface area contributed by atoms with Crippen LogP contribution in [-0.4, -0.2) is 58.2 Å². The van der Waals surface area contributed by atoms with Crippen LogP contribution in [0.15, 0.2) is 48.9 Å². The lowest BCUT2D eigenvalue weighted by Crippen LogP contribution is -2.47. The second-order valence-electron chi connectivity index (χ2n) is 10.5. The normalized spacial score (nSPS) is 18.4. The molecule has 2 aliphatic heterocycles. The summed E-state index contributed by atoms with van der Waals surface area (Å²) >= 11 is 6.07. The van der Waals surface area contributed by atoms with Gasteiger partial charge in [0, 0.05) is 47.5 Å². The van der Waals surface area contributed by atoms with Crippen LogP contribution in [0.3, 0.4) is 0 Å². The van der Waals surface area contributed by atoms with Crippen molar-refractivity contribution >= 4 is 28.8 Å². The molecule has 1 aromatic carbocycles. The van der Waals surface area contributed by atoms with Gasteiger partial charge in [-0.25, -0.2) is 0 Å². The molecular weight excluding hydrogens is 462 g/mol. The Balaban J connectivity index is 1.42. The zero-order chi connectivity index (χ0) is 25.0. The van der Waals surface area contributed by atoms with Crippen LogP contribution in [0.1, 0.15) is 51.2 Å². The van der Waals surface area contributed by atoms with Crippen LogP contribution in [0.2, 0.25) is 5.02 Å². The van der Waals surface area contributed by atoms with Crippen LogP contribution in [0.25, 0.3) is 5.57 Å². The Morgan fingerprint density at radius 1 is 1.23 bits per heavy atom. The topological polar surface area (TPSA) is 71.9 Å². The number of aromatic nitrogens is 1. The summed E-state index contributed by atoms with van der Waals surface area (Å²) in [5.41, 5.74) is 3.59. The first-order chi connectivity index (χ1) is 16.7. The molecule has 3 heterocycles. The van der Waals surface area contributed by atoms with Gasteiger partial charge in [-0.05, 0) is 61.6 Å². The van der Waals surface area contributed by atoms with Gasteiger partial charge < -0.3 is 5.32 Å². The number of halogens is 1. The molecule has 1 amide bonds. The minimum Gasteiger partial charge on any atom is -0.356 e. The molecule has 0 aliphatic carbocycles. The summed E-state index contributed by atoms with van der Waals surface area (Å²) in [4.78, 5) is 18.8. The number of hydrogen-bond acceptors (Lipinski definition) is 6. The van der Waals surface area contributed by atoms with Gasteiger partial charge in [0.2, 0.25) is 5.91 Å². The van der Waals surface area contributed by atoms with Crippen molar-refractivity contribution in [2.24, 2.45) is 5.41 Å². The highest BCUT2D eigenvalue weighted by molar-refractivity contribution is 6.30. The van der Waals surface area contributed by atoms with Crippen molar-refractivity contribution in [3.63, 3.8) is 0 Å². The van der Waals surface area contributed by atoms with E-state index in [9.17, 15) is 10.0 Å². The number of nitrogens with zero attached hydrogens (tertiary/aromatic N) is 4. The van der Waals surface area contributed by atoms with Gasteiger partial charge in [0.15, 0.2) is 0 Å². The lowest BCUT2D eigenvalue weighted by molar-refractivity contribution is -0.128. The standard InChI is InChI=1S/C27H36ClN5O2/c1-27(2,3)26(34)30-12-5-15-31-14-4-6-23(31)19-32-18-21(16-20-7-9-22(28)10-8-20)24-11-13-29-17-25(24)33(32)35/h7-11,13,17-18,23,35H,4-6,12,14-16,19H2,1-3H3,(H,30,34)/t23-/m1/s1. The van der Waals surface area contributed by atoms with Gasteiger partial charge in [-0.1, -0.05) is 44.5 Å². The lowest BCUT2D eigenvalue weighted by atomic mass is 9.96. The third-order valence-electron chi connectivity index (χ3n) is 6.70. The van der Waals surface area contributed by atoms with E-state index in [1.807, 2.05) is 56.1 Å². The molecule has 1 atom stereocenters. The first kappa shape index (κ1) is 25.5. The van der Waals surface area contributed by atoms with Crippen LogP contribution in [0.4, 0.5) is 5.69 Å². The second-order valence-corrected chi connectivity index (χ2v) is 10.9. The molecule has 0 saturated carbocycles. The van der Waals surface area contributed by atoms with Gasteiger partial charge in [-0.15, -0.1) is 0 Å². The molecule has 0 bridgehead atoms. The summed E-state index contributed by atoms with van der Waals surface area (Å²) in [5, 5.41) is 17.9. The van der Waals surface area contributed by atoms with Gasteiger partial charge in [-0.2, -0.15) is 5.17 Å². The number of carbonyl (C=O) groups excluding carboxylic acids is 1. The van der Waals surface area contributed by atoms with Crippen LogP contribution in [0.5, 0.6) is 0 Å². The van der Waals surface area contributed by atoms with Gasteiger partial charge in [0.1, 0.15) is 5.69 Å². The van der Waals surface area contributed by atoms with Crippen molar-refractivity contribution in [1.29, 1.82) is 0 Å². The predicted molar refractivity (Wildman–Crippen MR) is 140 cm³/mol. The van der Waals surface area contributed by atoms with E-state index in [2.05, 4.69) is 21.4 Å². The minimum atomic E-state index is -0.365. The molecule has 35 heavy (non-hydrogen) atoms. The van der Waals surface area contributed by atoms with Gasteiger partial charge in [-0.3, -0.25) is 24.9 Å². The number of nitrogens with one attached hydrogen (secondary N) is 1. The summed E-state index contributed by atoms with van der Waals surface area (Å²) in [6.07, 6.45) is 9.39. The molecule has 1 saturated heterocycles. The summed E-state index contributed by atoms with van der Waals surface area (Å²) in [6, 6.07) is 10.2. The van der Waals surface area contributed by atoms with Gasteiger partial charge in [0.25, 0.3) is 0 Å². The van der Waals surface area contributed by atoms with Crippen molar-refractivity contribution in [2.45, 2.75) is 52.5 Å². The number of likely N-dealkylation sites (tertiary alicyclic amines) is 1. The van der Waals surface area contributed by atoms with Crippen LogP contribution < -0.4 is 10.5 Å². The predicted octanol–water partition coefficient (Wildman–Crippen LogP) is 4.76. The van der Waals surface area contributed by atoms with Crippen LogP contribution in [0, 0.1) is 5.41 Å². The summed E-state index contributed by atoms with van der Waals surface area (Å²) in [5.74, 6) is 0.0883. The highest BCUT2D eigenvalue weighted by atomic mass is 35.5. The molecule has 0 unspecified atom stereocenters. The molecule has 188 valence electrons. The molecule has 2 N–H and O–H groups in total.